The minimum atomic E-state index is -0.716. The summed E-state index contributed by atoms with van der Waals surface area (Å²) in [6.45, 7) is 1.74. The summed E-state index contributed by atoms with van der Waals surface area (Å²) < 4.78 is 36.0. The molecule has 6 heteroatoms. The lowest BCUT2D eigenvalue weighted by molar-refractivity contribution is 0.0759. The molecule has 1 aromatic carbocycles. The summed E-state index contributed by atoms with van der Waals surface area (Å²) in [6.07, 6.45) is 0. The van der Waals surface area contributed by atoms with Crippen LogP contribution < -0.4 is 5.32 Å². The van der Waals surface area contributed by atoms with Crippen LogP contribution in [0.4, 0.5) is 14.5 Å². The highest BCUT2D eigenvalue weighted by Gasteiger charge is 2.08. The maximum absolute atomic E-state index is 13.3. The lowest BCUT2D eigenvalue weighted by atomic mass is 10.3. The molecule has 96 valence electrons. The lowest BCUT2D eigenvalue weighted by Gasteiger charge is -2.10. The number of hydrogen-bond donors (Lipinski definition) is 1. The molecule has 0 amide bonds. The highest BCUT2D eigenvalue weighted by Crippen LogP contribution is 2.25. The van der Waals surface area contributed by atoms with Gasteiger partial charge in [0.15, 0.2) is 5.82 Å². The van der Waals surface area contributed by atoms with E-state index in [2.05, 4.69) is 5.32 Å². The van der Waals surface area contributed by atoms with Crippen molar-refractivity contribution in [1.29, 1.82) is 0 Å². The van der Waals surface area contributed by atoms with Crippen LogP contribution in [0, 0.1) is 11.6 Å². The van der Waals surface area contributed by atoms with Gasteiger partial charge in [0, 0.05) is 19.7 Å². The summed E-state index contributed by atoms with van der Waals surface area (Å²) in [6, 6.07) is 1.83. The topological polar surface area (TPSA) is 30.5 Å². The average molecular weight is 266 g/mol. The van der Waals surface area contributed by atoms with E-state index in [1.807, 2.05) is 0 Å². The Kier molecular flexibility index (Phi) is 6.18. The molecular formula is C11H14ClF2NO2. The zero-order valence-corrected chi connectivity index (χ0v) is 10.2. The Hall–Kier alpha value is -0.910. The van der Waals surface area contributed by atoms with Gasteiger partial charge in [-0.3, -0.25) is 0 Å². The molecule has 0 aliphatic rings. The number of halogens is 3. The zero-order chi connectivity index (χ0) is 12.7. The Morgan fingerprint density at radius 2 is 2.00 bits per heavy atom. The van der Waals surface area contributed by atoms with Crippen LogP contribution in [0.2, 0.25) is 5.02 Å². The van der Waals surface area contributed by atoms with Crippen LogP contribution in [0.1, 0.15) is 0 Å². The van der Waals surface area contributed by atoms with Crippen molar-refractivity contribution >= 4 is 17.3 Å². The largest absolute Gasteiger partial charge is 0.382 e. The SMILES string of the molecule is COCCOCCNc1c(F)cc(F)cc1Cl. The fourth-order valence-corrected chi connectivity index (χ4v) is 1.46. The number of benzene rings is 1. The predicted octanol–water partition coefficient (Wildman–Crippen LogP) is 2.69. The molecule has 0 spiro atoms. The summed E-state index contributed by atoms with van der Waals surface area (Å²) in [5.41, 5.74) is 0.0865. The molecule has 0 bridgehead atoms. The van der Waals surface area contributed by atoms with Crippen LogP contribution in [-0.2, 0) is 9.47 Å². The minimum Gasteiger partial charge on any atom is -0.382 e. The lowest BCUT2D eigenvalue weighted by Crippen LogP contribution is -2.13. The van der Waals surface area contributed by atoms with E-state index < -0.39 is 11.6 Å². The van der Waals surface area contributed by atoms with Gasteiger partial charge in [0.2, 0.25) is 0 Å². The van der Waals surface area contributed by atoms with Gasteiger partial charge in [0.25, 0.3) is 0 Å². The van der Waals surface area contributed by atoms with Crippen LogP contribution in [-0.4, -0.2) is 33.5 Å². The molecule has 0 aromatic heterocycles. The second-order valence-electron chi connectivity index (χ2n) is 3.28. The number of nitrogens with one attached hydrogen (secondary N) is 1. The van der Waals surface area contributed by atoms with Crippen molar-refractivity contribution in [2.75, 3.05) is 38.8 Å². The van der Waals surface area contributed by atoms with Crippen LogP contribution in [0.25, 0.3) is 0 Å². The number of ether oxygens (including phenoxy) is 2. The van der Waals surface area contributed by atoms with Crippen molar-refractivity contribution in [1.82, 2.24) is 0 Å². The van der Waals surface area contributed by atoms with Gasteiger partial charge in [-0.1, -0.05) is 11.6 Å². The first-order valence-electron chi connectivity index (χ1n) is 5.10. The monoisotopic (exact) mass is 265 g/mol. The summed E-state index contributed by atoms with van der Waals surface area (Å²) in [5, 5.41) is 2.76. The number of hydrogen-bond acceptors (Lipinski definition) is 3. The molecule has 0 aliphatic heterocycles. The molecule has 0 saturated carbocycles. The molecule has 0 aliphatic carbocycles. The highest BCUT2D eigenvalue weighted by molar-refractivity contribution is 6.33. The Morgan fingerprint density at radius 1 is 1.24 bits per heavy atom. The van der Waals surface area contributed by atoms with Crippen molar-refractivity contribution in [2.24, 2.45) is 0 Å². The van der Waals surface area contributed by atoms with Gasteiger partial charge in [-0.2, -0.15) is 0 Å². The Bertz CT molecular complexity index is 340. The molecule has 0 fully saturated rings. The summed E-state index contributed by atoms with van der Waals surface area (Å²) in [5.74, 6) is -1.42. The molecule has 0 saturated heterocycles. The van der Waals surface area contributed by atoms with Crippen molar-refractivity contribution in [3.05, 3.63) is 28.8 Å². The molecular weight excluding hydrogens is 252 g/mol. The van der Waals surface area contributed by atoms with E-state index in [4.69, 9.17) is 21.1 Å². The fourth-order valence-electron chi connectivity index (χ4n) is 1.20. The summed E-state index contributed by atoms with van der Waals surface area (Å²) in [4.78, 5) is 0. The number of methoxy groups -OCH3 is 1. The van der Waals surface area contributed by atoms with Gasteiger partial charge in [0.05, 0.1) is 30.5 Å². The number of rotatable bonds is 7. The molecule has 17 heavy (non-hydrogen) atoms. The van der Waals surface area contributed by atoms with Gasteiger partial charge in [-0.25, -0.2) is 8.78 Å². The third kappa shape index (κ3) is 4.85. The smallest absolute Gasteiger partial charge is 0.150 e. The van der Waals surface area contributed by atoms with Gasteiger partial charge in [0.1, 0.15) is 5.82 Å². The fraction of sp³-hybridized carbons (Fsp3) is 0.455. The van der Waals surface area contributed by atoms with E-state index in [1.165, 1.54) is 0 Å². The second-order valence-corrected chi connectivity index (χ2v) is 3.68. The van der Waals surface area contributed by atoms with Crippen molar-refractivity contribution < 1.29 is 18.3 Å². The molecule has 0 atom stereocenters. The van der Waals surface area contributed by atoms with Gasteiger partial charge in [-0.05, 0) is 6.07 Å². The van der Waals surface area contributed by atoms with Crippen LogP contribution in [0.5, 0.6) is 0 Å². The van der Waals surface area contributed by atoms with Gasteiger partial charge >= 0.3 is 0 Å². The van der Waals surface area contributed by atoms with E-state index in [0.717, 1.165) is 12.1 Å². The van der Waals surface area contributed by atoms with Gasteiger partial charge < -0.3 is 14.8 Å². The first-order chi connectivity index (χ1) is 8.15. The highest BCUT2D eigenvalue weighted by atomic mass is 35.5. The van der Waals surface area contributed by atoms with Crippen LogP contribution in [0.15, 0.2) is 12.1 Å². The summed E-state index contributed by atoms with van der Waals surface area (Å²) in [7, 11) is 1.58. The third-order valence-corrected chi connectivity index (χ3v) is 2.28. The van der Waals surface area contributed by atoms with E-state index in [0.29, 0.717) is 26.4 Å². The average Bonchev–Trinajstić information content (AvgIpc) is 2.26. The molecule has 0 heterocycles. The molecule has 0 unspecified atom stereocenters. The Balaban J connectivity index is 2.36. The quantitative estimate of drug-likeness (QED) is 0.769. The van der Waals surface area contributed by atoms with Crippen LogP contribution >= 0.6 is 11.6 Å². The van der Waals surface area contributed by atoms with Crippen molar-refractivity contribution in [3.8, 4) is 0 Å². The van der Waals surface area contributed by atoms with E-state index >= 15 is 0 Å². The Labute approximate surface area is 104 Å². The maximum atomic E-state index is 13.3. The third-order valence-electron chi connectivity index (χ3n) is 1.99. The van der Waals surface area contributed by atoms with Crippen molar-refractivity contribution in [3.63, 3.8) is 0 Å². The zero-order valence-electron chi connectivity index (χ0n) is 9.43. The molecule has 3 nitrogen and oxygen atoms in total. The van der Waals surface area contributed by atoms with E-state index in [-0.39, 0.29) is 10.7 Å². The normalized spacial score (nSPS) is 10.6. The van der Waals surface area contributed by atoms with Gasteiger partial charge in [-0.15, -0.1) is 0 Å². The molecule has 1 N–H and O–H groups in total. The minimum absolute atomic E-state index is 0.0133. The number of anilines is 1. The molecule has 1 rings (SSSR count). The van der Waals surface area contributed by atoms with Crippen molar-refractivity contribution in [2.45, 2.75) is 0 Å². The predicted molar refractivity (Wildman–Crippen MR) is 62.6 cm³/mol. The second kappa shape index (κ2) is 7.42. The maximum Gasteiger partial charge on any atom is 0.150 e. The molecule has 1 aromatic rings. The standard InChI is InChI=1S/C11H14ClF2NO2/c1-16-4-5-17-3-2-15-11-9(12)6-8(13)7-10(11)14/h6-7,15H,2-5H2,1H3. The summed E-state index contributed by atoms with van der Waals surface area (Å²) >= 11 is 5.69. The molecule has 0 radical (unpaired) electrons. The van der Waals surface area contributed by atoms with Crippen LogP contribution in [0.3, 0.4) is 0 Å². The Morgan fingerprint density at radius 3 is 2.65 bits per heavy atom. The van der Waals surface area contributed by atoms with E-state index in [1.54, 1.807) is 7.11 Å². The first kappa shape index (κ1) is 14.2. The van der Waals surface area contributed by atoms with E-state index in [9.17, 15) is 8.78 Å². The first-order valence-corrected chi connectivity index (χ1v) is 5.48.